The van der Waals surface area contributed by atoms with Crippen LogP contribution in [0.2, 0.25) is 0 Å². The number of amides is 1. The number of aromatic amines is 1. The Balaban J connectivity index is 2.04. The molecule has 1 aliphatic rings. The number of Topliss-reactive ketones (excluding diaryl/α,β-unsaturated/α-hetero) is 1. The van der Waals surface area contributed by atoms with Gasteiger partial charge in [0.25, 0.3) is 0 Å². The van der Waals surface area contributed by atoms with Gasteiger partial charge in [-0.1, -0.05) is 0 Å². The van der Waals surface area contributed by atoms with Crippen molar-refractivity contribution in [2.75, 3.05) is 0 Å². The largest absolute Gasteiger partial charge is 0.366 e. The third kappa shape index (κ3) is 2.85. The topological polar surface area (TPSA) is 88.8 Å². The molecule has 0 bridgehead atoms. The molecule has 1 aromatic heterocycles. The van der Waals surface area contributed by atoms with Gasteiger partial charge in [0.05, 0.1) is 5.69 Å². The smallest absolute Gasteiger partial charge is 0.245 e. The van der Waals surface area contributed by atoms with Gasteiger partial charge in [-0.3, -0.25) is 14.7 Å². The Bertz CT molecular complexity index is 474. The van der Waals surface area contributed by atoms with Crippen LogP contribution in [0.5, 0.6) is 0 Å². The van der Waals surface area contributed by atoms with Crippen LogP contribution in [0.3, 0.4) is 0 Å². The van der Waals surface area contributed by atoms with Crippen molar-refractivity contribution in [2.45, 2.75) is 38.5 Å². The van der Waals surface area contributed by atoms with Crippen LogP contribution in [0.25, 0.3) is 0 Å². The lowest BCUT2D eigenvalue weighted by Crippen LogP contribution is -2.21. The fourth-order valence-electron chi connectivity index (χ4n) is 2.31. The van der Waals surface area contributed by atoms with E-state index in [1.54, 1.807) is 6.20 Å². The Kier molecular flexibility index (Phi) is 3.92. The van der Waals surface area contributed by atoms with Crippen molar-refractivity contribution in [3.63, 3.8) is 0 Å². The zero-order valence-corrected chi connectivity index (χ0v) is 10.2. The molecule has 5 heteroatoms. The van der Waals surface area contributed by atoms with Crippen molar-refractivity contribution < 1.29 is 9.59 Å². The van der Waals surface area contributed by atoms with Crippen molar-refractivity contribution in [3.8, 4) is 0 Å². The zero-order valence-electron chi connectivity index (χ0n) is 10.2. The van der Waals surface area contributed by atoms with E-state index in [4.69, 9.17) is 5.73 Å². The van der Waals surface area contributed by atoms with E-state index in [1.807, 2.05) is 6.07 Å². The summed E-state index contributed by atoms with van der Waals surface area (Å²) >= 11 is 0. The molecule has 0 fully saturated rings. The van der Waals surface area contributed by atoms with E-state index in [9.17, 15) is 9.59 Å². The maximum Gasteiger partial charge on any atom is 0.245 e. The molecule has 0 unspecified atom stereocenters. The lowest BCUT2D eigenvalue weighted by Gasteiger charge is -2.17. The highest BCUT2D eigenvalue weighted by molar-refractivity contribution is 6.05. The fourth-order valence-corrected chi connectivity index (χ4v) is 2.31. The number of rotatable bonds is 5. The molecular formula is C13H17N3O2. The molecule has 5 nitrogen and oxygen atoms in total. The Morgan fingerprint density at radius 1 is 1.28 bits per heavy atom. The summed E-state index contributed by atoms with van der Waals surface area (Å²) in [5, 5.41) is 6.72. The average molecular weight is 247 g/mol. The van der Waals surface area contributed by atoms with Crippen LogP contribution in [0.4, 0.5) is 0 Å². The first-order chi connectivity index (χ1) is 8.68. The van der Waals surface area contributed by atoms with Gasteiger partial charge in [-0.25, -0.2) is 0 Å². The standard InChI is InChI=1S/C13H17N3O2/c14-13(18)11-4-2-1-3-10(11)12(17)6-5-9-7-8-15-16-9/h7-8H,1-6H2,(H2,14,18)(H,15,16). The van der Waals surface area contributed by atoms with E-state index in [-0.39, 0.29) is 5.78 Å². The Labute approximate surface area is 105 Å². The van der Waals surface area contributed by atoms with Crippen LogP contribution >= 0.6 is 0 Å². The summed E-state index contributed by atoms with van der Waals surface area (Å²) in [7, 11) is 0. The van der Waals surface area contributed by atoms with E-state index in [0.717, 1.165) is 18.5 Å². The number of hydrogen-bond donors (Lipinski definition) is 2. The number of ketones is 1. The first-order valence-electron chi connectivity index (χ1n) is 6.22. The van der Waals surface area contributed by atoms with E-state index in [0.29, 0.717) is 36.8 Å². The zero-order chi connectivity index (χ0) is 13.0. The van der Waals surface area contributed by atoms with Gasteiger partial charge >= 0.3 is 0 Å². The van der Waals surface area contributed by atoms with E-state index < -0.39 is 5.91 Å². The number of nitrogens with two attached hydrogens (primary N) is 1. The lowest BCUT2D eigenvalue weighted by atomic mass is 9.87. The first-order valence-corrected chi connectivity index (χ1v) is 6.22. The summed E-state index contributed by atoms with van der Waals surface area (Å²) in [5.41, 5.74) is 7.36. The highest BCUT2D eigenvalue weighted by atomic mass is 16.1. The third-order valence-electron chi connectivity index (χ3n) is 3.27. The minimum absolute atomic E-state index is 0.0338. The second-order valence-corrected chi connectivity index (χ2v) is 4.52. The minimum Gasteiger partial charge on any atom is -0.366 e. The van der Waals surface area contributed by atoms with Gasteiger partial charge in [0.15, 0.2) is 5.78 Å². The highest BCUT2D eigenvalue weighted by Gasteiger charge is 2.21. The SMILES string of the molecule is NC(=O)C1=C(C(=O)CCc2cc[nH]n2)CCCC1. The first kappa shape index (κ1) is 12.5. The van der Waals surface area contributed by atoms with Gasteiger partial charge in [0.1, 0.15) is 0 Å². The molecule has 0 saturated carbocycles. The molecule has 96 valence electrons. The summed E-state index contributed by atoms with van der Waals surface area (Å²) in [5.74, 6) is -0.413. The van der Waals surface area contributed by atoms with Gasteiger partial charge < -0.3 is 5.73 Å². The predicted octanol–water partition coefficient (Wildman–Crippen LogP) is 1.27. The molecule has 0 aromatic carbocycles. The van der Waals surface area contributed by atoms with E-state index >= 15 is 0 Å². The molecule has 0 radical (unpaired) electrons. The summed E-state index contributed by atoms with van der Waals surface area (Å²) in [4.78, 5) is 23.4. The van der Waals surface area contributed by atoms with Gasteiger partial charge in [-0.2, -0.15) is 5.10 Å². The Hall–Kier alpha value is -1.91. The Morgan fingerprint density at radius 3 is 2.61 bits per heavy atom. The van der Waals surface area contributed by atoms with Crippen LogP contribution in [-0.4, -0.2) is 21.9 Å². The maximum absolute atomic E-state index is 12.1. The number of carbonyl (C=O) groups is 2. The molecule has 2 rings (SSSR count). The van der Waals surface area contributed by atoms with Crippen molar-refractivity contribution in [2.24, 2.45) is 5.73 Å². The number of allylic oxidation sites excluding steroid dienone is 1. The number of aryl methyl sites for hydroxylation is 1. The van der Waals surface area contributed by atoms with E-state index in [2.05, 4.69) is 10.2 Å². The quantitative estimate of drug-likeness (QED) is 0.821. The number of carbonyl (C=O) groups excluding carboxylic acids is 2. The molecule has 0 saturated heterocycles. The van der Waals surface area contributed by atoms with Crippen molar-refractivity contribution >= 4 is 11.7 Å². The molecule has 1 aromatic rings. The second-order valence-electron chi connectivity index (χ2n) is 4.52. The molecular weight excluding hydrogens is 230 g/mol. The van der Waals surface area contributed by atoms with Crippen molar-refractivity contribution in [3.05, 3.63) is 29.1 Å². The monoisotopic (exact) mass is 247 g/mol. The van der Waals surface area contributed by atoms with Crippen LogP contribution in [0.1, 0.15) is 37.8 Å². The van der Waals surface area contributed by atoms with E-state index in [1.165, 1.54) is 0 Å². The van der Waals surface area contributed by atoms with Crippen molar-refractivity contribution in [1.82, 2.24) is 10.2 Å². The predicted molar refractivity (Wildman–Crippen MR) is 66.6 cm³/mol. The molecule has 0 aliphatic heterocycles. The summed E-state index contributed by atoms with van der Waals surface area (Å²) < 4.78 is 0. The number of primary amides is 1. The fraction of sp³-hybridized carbons (Fsp3) is 0.462. The van der Waals surface area contributed by atoms with Gasteiger partial charge in [-0.05, 0) is 38.2 Å². The van der Waals surface area contributed by atoms with Crippen molar-refractivity contribution in [1.29, 1.82) is 0 Å². The van der Waals surface area contributed by atoms with Crippen LogP contribution in [0, 0.1) is 0 Å². The summed E-state index contributed by atoms with van der Waals surface area (Å²) in [6, 6.07) is 1.84. The number of nitrogens with one attached hydrogen (secondary N) is 1. The molecule has 1 amide bonds. The number of H-pyrrole nitrogens is 1. The number of hydrogen-bond acceptors (Lipinski definition) is 3. The molecule has 0 spiro atoms. The molecule has 1 aliphatic carbocycles. The summed E-state index contributed by atoms with van der Waals surface area (Å²) in [6.07, 6.45) is 5.93. The average Bonchev–Trinajstić information content (AvgIpc) is 2.89. The lowest BCUT2D eigenvalue weighted by molar-refractivity contribution is -0.118. The van der Waals surface area contributed by atoms with Gasteiger partial charge in [0, 0.05) is 23.8 Å². The van der Waals surface area contributed by atoms with Gasteiger partial charge in [0.2, 0.25) is 5.91 Å². The molecule has 0 atom stereocenters. The normalized spacial score (nSPS) is 15.8. The minimum atomic E-state index is -0.446. The van der Waals surface area contributed by atoms with Crippen LogP contribution < -0.4 is 5.73 Å². The number of nitrogens with zero attached hydrogens (tertiary/aromatic N) is 1. The highest BCUT2D eigenvalue weighted by Crippen LogP contribution is 2.26. The van der Waals surface area contributed by atoms with Gasteiger partial charge in [-0.15, -0.1) is 0 Å². The van der Waals surface area contributed by atoms with Crippen LogP contribution in [0.15, 0.2) is 23.4 Å². The van der Waals surface area contributed by atoms with Crippen LogP contribution in [-0.2, 0) is 16.0 Å². The molecule has 1 heterocycles. The summed E-state index contributed by atoms with van der Waals surface area (Å²) in [6.45, 7) is 0. The second kappa shape index (κ2) is 5.62. The molecule has 18 heavy (non-hydrogen) atoms. The molecule has 3 N–H and O–H groups in total. The Morgan fingerprint density at radius 2 is 2.00 bits per heavy atom. The third-order valence-corrected chi connectivity index (χ3v) is 3.27. The maximum atomic E-state index is 12.1. The number of aromatic nitrogens is 2.